The lowest BCUT2D eigenvalue weighted by atomic mass is 10.0. The number of nitro benzene ring substituents is 4. The monoisotopic (exact) mass is 495 g/mol. The maximum atomic E-state index is 11.3. The number of non-ortho nitro benzene ring substituents is 2. The molecule has 188 valence electrons. The molecule has 0 unspecified atom stereocenters. The summed E-state index contributed by atoms with van der Waals surface area (Å²) in [6.45, 7) is 2.44. The van der Waals surface area contributed by atoms with Gasteiger partial charge in [-0.2, -0.15) is 5.90 Å². The lowest BCUT2D eigenvalue weighted by Gasteiger charge is -2.09. The first-order valence-electron chi connectivity index (χ1n) is 9.54. The Balaban J connectivity index is 0.000000523. The van der Waals surface area contributed by atoms with Crippen LogP contribution in [0.15, 0.2) is 24.3 Å². The molecule has 1 aliphatic rings. The van der Waals surface area contributed by atoms with Crippen molar-refractivity contribution in [2.75, 3.05) is 20.6 Å². The molecule has 4 N–H and O–H groups in total. The van der Waals surface area contributed by atoms with Crippen molar-refractivity contribution in [1.29, 1.82) is 0 Å². The standard InChI is InChI=1S/C13H6N4O8.C4H10N2O2.CH5N/c18-14(19)8-2-6-1-7-3-9(15(20)21)5-11(17(24)25)13(7)12(6)10(4-8)16(22)23;1-3-6(2)4(7)8-5;1-2/h2-5H,1H2;3,5H2,1-2H3;2H2,1H3. The number of fused-ring (bicyclic) bond motifs is 3. The molecule has 0 saturated heterocycles. The number of benzene rings is 2. The highest BCUT2D eigenvalue weighted by atomic mass is 16.7. The number of rotatable bonds is 5. The van der Waals surface area contributed by atoms with Crippen LogP contribution in [-0.2, 0) is 11.3 Å². The van der Waals surface area contributed by atoms with Gasteiger partial charge < -0.3 is 15.5 Å². The Hall–Kier alpha value is -4.77. The zero-order valence-electron chi connectivity index (χ0n) is 18.7. The molecule has 0 heterocycles. The number of nitrogens with zero attached hydrogens (tertiary/aromatic N) is 5. The van der Waals surface area contributed by atoms with Crippen LogP contribution < -0.4 is 11.6 Å². The summed E-state index contributed by atoms with van der Waals surface area (Å²) < 4.78 is 0. The van der Waals surface area contributed by atoms with E-state index in [0.717, 1.165) is 24.3 Å². The minimum absolute atomic E-state index is 0.115. The van der Waals surface area contributed by atoms with Crippen molar-refractivity contribution in [2.45, 2.75) is 13.3 Å². The van der Waals surface area contributed by atoms with Crippen molar-refractivity contribution in [1.82, 2.24) is 4.90 Å². The van der Waals surface area contributed by atoms with E-state index in [4.69, 9.17) is 0 Å². The Kier molecular flexibility index (Phi) is 9.62. The van der Waals surface area contributed by atoms with Gasteiger partial charge in [0.1, 0.15) is 0 Å². The largest absolute Gasteiger partial charge is 0.428 e. The lowest BCUT2D eigenvalue weighted by Crippen LogP contribution is -2.28. The summed E-state index contributed by atoms with van der Waals surface area (Å²) in [5.41, 5.74) is 2.17. The topological polar surface area (TPSA) is 254 Å². The van der Waals surface area contributed by atoms with Gasteiger partial charge in [-0.05, 0) is 31.5 Å². The van der Waals surface area contributed by atoms with Crippen molar-refractivity contribution in [3.63, 3.8) is 0 Å². The van der Waals surface area contributed by atoms with E-state index in [0.29, 0.717) is 6.54 Å². The highest BCUT2D eigenvalue weighted by Crippen LogP contribution is 2.49. The molecule has 0 saturated carbocycles. The number of carbonyl (C=O) groups excluding carboxylic acids is 1. The predicted octanol–water partition coefficient (Wildman–Crippen LogP) is 2.41. The fourth-order valence-electron chi connectivity index (χ4n) is 3.12. The van der Waals surface area contributed by atoms with Gasteiger partial charge in [-0.25, -0.2) is 4.79 Å². The Morgan fingerprint density at radius 1 is 0.857 bits per heavy atom. The van der Waals surface area contributed by atoms with Gasteiger partial charge in [-0.3, -0.25) is 40.5 Å². The predicted molar refractivity (Wildman–Crippen MR) is 120 cm³/mol. The average molecular weight is 495 g/mol. The molecule has 0 bridgehead atoms. The zero-order valence-corrected chi connectivity index (χ0v) is 18.7. The van der Waals surface area contributed by atoms with E-state index in [-0.39, 0.29) is 28.7 Å². The van der Waals surface area contributed by atoms with Crippen LogP contribution >= 0.6 is 0 Å². The summed E-state index contributed by atoms with van der Waals surface area (Å²) in [4.78, 5) is 56.7. The molecule has 0 fully saturated rings. The van der Waals surface area contributed by atoms with Crippen molar-refractivity contribution in [2.24, 2.45) is 11.6 Å². The van der Waals surface area contributed by atoms with E-state index >= 15 is 0 Å². The molecule has 0 radical (unpaired) electrons. The van der Waals surface area contributed by atoms with Gasteiger partial charge in [0.2, 0.25) is 0 Å². The quantitative estimate of drug-likeness (QED) is 0.382. The van der Waals surface area contributed by atoms with Gasteiger partial charge in [0.05, 0.1) is 43.0 Å². The van der Waals surface area contributed by atoms with E-state index in [1.807, 2.05) is 6.92 Å². The van der Waals surface area contributed by atoms with E-state index in [9.17, 15) is 45.3 Å². The van der Waals surface area contributed by atoms with Crippen LogP contribution in [0.5, 0.6) is 0 Å². The Morgan fingerprint density at radius 3 is 1.46 bits per heavy atom. The van der Waals surface area contributed by atoms with E-state index in [1.54, 1.807) is 7.05 Å². The molecular formula is C18H21N7O10. The van der Waals surface area contributed by atoms with Crippen LogP contribution in [-0.4, -0.2) is 51.3 Å². The van der Waals surface area contributed by atoms with Crippen molar-refractivity contribution in [3.8, 4) is 11.1 Å². The van der Waals surface area contributed by atoms with Crippen LogP contribution in [0.3, 0.4) is 0 Å². The summed E-state index contributed by atoms with van der Waals surface area (Å²) >= 11 is 0. The molecule has 0 spiro atoms. The number of carbonyl (C=O) groups is 1. The second-order valence-electron chi connectivity index (χ2n) is 6.60. The second-order valence-corrected chi connectivity index (χ2v) is 6.60. The smallest absolute Gasteiger partial charge is 0.357 e. The number of amides is 1. The zero-order chi connectivity index (χ0) is 27.0. The highest BCUT2D eigenvalue weighted by molar-refractivity contribution is 5.91. The van der Waals surface area contributed by atoms with Gasteiger partial charge in [-0.15, -0.1) is 0 Å². The summed E-state index contributed by atoms with van der Waals surface area (Å²) in [5.74, 6) is 4.56. The summed E-state index contributed by atoms with van der Waals surface area (Å²) in [7, 11) is 3.11. The van der Waals surface area contributed by atoms with Gasteiger partial charge in [-0.1, -0.05) is 0 Å². The number of nitro groups is 4. The Labute approximate surface area is 196 Å². The first kappa shape index (κ1) is 28.3. The summed E-state index contributed by atoms with van der Waals surface area (Å²) in [5, 5.41) is 44.5. The molecule has 35 heavy (non-hydrogen) atoms. The maximum absolute atomic E-state index is 11.3. The molecule has 2 aromatic rings. The van der Waals surface area contributed by atoms with E-state index < -0.39 is 48.5 Å². The number of nitrogens with two attached hydrogens (primary N) is 2. The van der Waals surface area contributed by atoms with E-state index in [2.05, 4.69) is 16.5 Å². The first-order valence-corrected chi connectivity index (χ1v) is 9.54. The molecule has 17 heteroatoms. The molecule has 0 atom stereocenters. The van der Waals surface area contributed by atoms with Gasteiger partial charge in [0, 0.05) is 25.7 Å². The first-order chi connectivity index (χ1) is 16.4. The highest BCUT2D eigenvalue weighted by Gasteiger charge is 2.37. The Morgan fingerprint density at radius 2 is 1.23 bits per heavy atom. The van der Waals surface area contributed by atoms with Crippen LogP contribution in [0.1, 0.15) is 18.1 Å². The third-order valence-corrected chi connectivity index (χ3v) is 4.70. The fourth-order valence-corrected chi connectivity index (χ4v) is 3.12. The third-order valence-electron chi connectivity index (χ3n) is 4.70. The minimum atomic E-state index is -0.869. The second kappa shape index (κ2) is 11.9. The van der Waals surface area contributed by atoms with Crippen molar-refractivity contribution < 1.29 is 29.3 Å². The SMILES string of the molecule is CCN(C)C(=O)ON.CN.O=[N+]([O-])c1cc2c(c([N+](=O)[O-])c1)-c1c(cc([N+](=O)[O-])cc1[N+](=O)[O-])C2. The number of hydrogen-bond donors (Lipinski definition) is 2. The van der Waals surface area contributed by atoms with Crippen molar-refractivity contribution in [3.05, 3.63) is 75.8 Å². The van der Waals surface area contributed by atoms with E-state index in [1.165, 1.54) is 11.9 Å². The molecule has 3 rings (SSSR count). The van der Waals surface area contributed by atoms with Gasteiger partial charge >= 0.3 is 6.09 Å². The van der Waals surface area contributed by atoms with Gasteiger partial charge in [0.25, 0.3) is 22.7 Å². The Bertz CT molecular complexity index is 1110. The van der Waals surface area contributed by atoms with Crippen LogP contribution in [0.4, 0.5) is 27.5 Å². The van der Waals surface area contributed by atoms with Crippen LogP contribution in [0.2, 0.25) is 0 Å². The maximum Gasteiger partial charge on any atom is 0.428 e. The van der Waals surface area contributed by atoms with Crippen LogP contribution in [0, 0.1) is 40.5 Å². The molecule has 17 nitrogen and oxygen atoms in total. The van der Waals surface area contributed by atoms with Gasteiger partial charge in [0.15, 0.2) is 0 Å². The van der Waals surface area contributed by atoms with Crippen molar-refractivity contribution >= 4 is 28.8 Å². The number of hydrogen-bond acceptors (Lipinski definition) is 12. The third kappa shape index (κ3) is 6.18. The average Bonchev–Trinajstić information content (AvgIpc) is 3.21. The molecular weight excluding hydrogens is 474 g/mol. The fraction of sp³-hybridized carbons (Fsp3) is 0.278. The van der Waals surface area contributed by atoms with Crippen LogP contribution in [0.25, 0.3) is 11.1 Å². The molecule has 0 aromatic heterocycles. The molecule has 0 aliphatic heterocycles. The minimum Gasteiger partial charge on any atom is -0.357 e. The summed E-state index contributed by atoms with van der Waals surface area (Å²) in [6.07, 6.45) is -0.622. The molecule has 1 aliphatic carbocycles. The normalized spacial score (nSPS) is 10.3. The molecule has 1 amide bonds. The lowest BCUT2D eigenvalue weighted by molar-refractivity contribution is -0.395. The molecule has 2 aromatic carbocycles. The summed E-state index contributed by atoms with van der Waals surface area (Å²) in [6, 6.07) is 3.61.